The van der Waals surface area contributed by atoms with Crippen LogP contribution in [0.4, 0.5) is 5.82 Å². The van der Waals surface area contributed by atoms with E-state index in [9.17, 15) is 4.79 Å². The van der Waals surface area contributed by atoms with E-state index in [1.54, 1.807) is 13.8 Å². The lowest BCUT2D eigenvalue weighted by Crippen LogP contribution is -2.40. The number of benzene rings is 1. The van der Waals surface area contributed by atoms with Gasteiger partial charge in [0.25, 0.3) is 5.91 Å². The maximum Gasteiger partial charge on any atom is 0.259 e. The van der Waals surface area contributed by atoms with Crippen molar-refractivity contribution in [2.45, 2.75) is 44.6 Å². The Morgan fingerprint density at radius 1 is 1.25 bits per heavy atom. The van der Waals surface area contributed by atoms with Gasteiger partial charge in [0.2, 0.25) is 5.88 Å². The summed E-state index contributed by atoms with van der Waals surface area (Å²) in [5.74, 6) is 2.86. The lowest BCUT2D eigenvalue weighted by Gasteiger charge is -2.17. The Hall–Kier alpha value is -3.09. The molecule has 1 N–H and O–H groups in total. The number of hydrogen-bond donors (Lipinski definition) is 1. The molecule has 1 aliphatic carbocycles. The molecule has 3 aliphatic rings. The molecule has 7 nitrogen and oxygen atoms in total. The van der Waals surface area contributed by atoms with Gasteiger partial charge < -0.3 is 14.8 Å². The lowest BCUT2D eigenvalue weighted by molar-refractivity contribution is -0.121. The van der Waals surface area contributed by atoms with Gasteiger partial charge in [0, 0.05) is 11.0 Å². The highest BCUT2D eigenvalue weighted by Gasteiger charge is 2.53. The summed E-state index contributed by atoms with van der Waals surface area (Å²) in [6.07, 6.45) is 5.29. The Kier molecular flexibility index (Phi) is 3.33. The minimum absolute atomic E-state index is 0.0982. The summed E-state index contributed by atoms with van der Waals surface area (Å²) in [6.45, 7) is 10.3. The van der Waals surface area contributed by atoms with E-state index < -0.39 is 5.54 Å². The second-order valence-electron chi connectivity index (χ2n) is 8.31. The number of amides is 1. The molecule has 1 saturated carbocycles. The third-order valence-corrected chi connectivity index (χ3v) is 5.72. The van der Waals surface area contributed by atoms with Crippen molar-refractivity contribution in [3.05, 3.63) is 48.1 Å². The number of nitrogens with one attached hydrogen (secondary N) is 1. The topological polar surface area (TPSA) is 76.6 Å². The fourth-order valence-electron chi connectivity index (χ4n) is 3.97. The first kappa shape index (κ1) is 17.0. The van der Waals surface area contributed by atoms with Gasteiger partial charge in [-0.15, -0.1) is 0 Å². The second-order valence-corrected chi connectivity index (χ2v) is 8.31. The molecular formula is C21H22N4O3. The van der Waals surface area contributed by atoms with Gasteiger partial charge in [-0.3, -0.25) is 4.79 Å². The smallest absolute Gasteiger partial charge is 0.259 e. The number of carbonyl (C=O) groups excluding carboxylic acids is 1. The summed E-state index contributed by atoms with van der Waals surface area (Å²) >= 11 is 0. The highest BCUT2D eigenvalue weighted by molar-refractivity contribution is 6.04. The molecule has 1 amide bonds. The van der Waals surface area contributed by atoms with Crippen molar-refractivity contribution in [1.29, 1.82) is 0 Å². The quantitative estimate of drug-likeness (QED) is 0.884. The average Bonchev–Trinajstić information content (AvgIpc) is 3.26. The van der Waals surface area contributed by atoms with Crippen LogP contribution >= 0.6 is 0 Å². The van der Waals surface area contributed by atoms with Gasteiger partial charge in [-0.2, -0.15) is 0 Å². The summed E-state index contributed by atoms with van der Waals surface area (Å²) in [7, 11) is 0. The zero-order chi connectivity index (χ0) is 19.7. The summed E-state index contributed by atoms with van der Waals surface area (Å²) in [4.78, 5) is 22.7. The van der Waals surface area contributed by atoms with Crippen LogP contribution in [0.1, 0.15) is 37.8 Å². The van der Waals surface area contributed by atoms with Gasteiger partial charge in [0.1, 0.15) is 22.9 Å². The molecule has 7 heteroatoms. The van der Waals surface area contributed by atoms with Gasteiger partial charge in [0.05, 0.1) is 19.0 Å². The van der Waals surface area contributed by atoms with Crippen molar-refractivity contribution in [3.8, 4) is 17.4 Å². The van der Waals surface area contributed by atoms with Crippen LogP contribution in [-0.4, -0.2) is 28.0 Å². The predicted octanol–water partition coefficient (Wildman–Crippen LogP) is 3.19. The number of rotatable bonds is 3. The Labute approximate surface area is 163 Å². The molecule has 0 unspecified atom stereocenters. The molecule has 1 saturated heterocycles. The molecule has 2 aliphatic heterocycles. The van der Waals surface area contributed by atoms with E-state index in [2.05, 4.69) is 21.9 Å². The average molecular weight is 378 g/mol. The van der Waals surface area contributed by atoms with Gasteiger partial charge in [-0.1, -0.05) is 12.6 Å². The lowest BCUT2D eigenvalue weighted by atomic mass is 9.95. The molecule has 3 heterocycles. The third-order valence-electron chi connectivity index (χ3n) is 5.72. The number of hydrogen-bond acceptors (Lipinski definition) is 6. The molecule has 0 radical (unpaired) electrons. The van der Waals surface area contributed by atoms with Crippen molar-refractivity contribution in [2.24, 2.45) is 0 Å². The highest BCUT2D eigenvalue weighted by atomic mass is 16.5. The molecule has 1 aromatic carbocycles. The number of ether oxygens (including phenoxy) is 2. The van der Waals surface area contributed by atoms with Gasteiger partial charge in [-0.05, 0) is 45.2 Å². The summed E-state index contributed by atoms with van der Waals surface area (Å²) in [6, 6.07) is 3.97. The molecule has 5 rings (SSSR count). The van der Waals surface area contributed by atoms with E-state index in [0.717, 1.165) is 42.1 Å². The normalized spacial score (nSPS) is 20.8. The SMILES string of the molecule is C=C1NC(C)(C)C(=O)N1c1cnc(Oc2ccc(C)c3c2C2(CC2)CO3)cn1. The maximum absolute atomic E-state index is 12.5. The Morgan fingerprint density at radius 2 is 2.04 bits per heavy atom. The van der Waals surface area contributed by atoms with Gasteiger partial charge in [0.15, 0.2) is 5.82 Å². The first-order valence-corrected chi connectivity index (χ1v) is 9.39. The predicted molar refractivity (Wildman–Crippen MR) is 104 cm³/mol. The van der Waals surface area contributed by atoms with E-state index in [1.807, 2.05) is 19.1 Å². The van der Waals surface area contributed by atoms with Crippen LogP contribution < -0.4 is 19.7 Å². The summed E-state index contributed by atoms with van der Waals surface area (Å²) < 4.78 is 12.0. The second kappa shape index (κ2) is 5.47. The molecule has 0 bridgehead atoms. The van der Waals surface area contributed by atoms with Crippen molar-refractivity contribution in [2.75, 3.05) is 11.5 Å². The number of aryl methyl sites for hydroxylation is 1. The number of carbonyl (C=O) groups is 1. The molecule has 28 heavy (non-hydrogen) atoms. The number of aromatic nitrogens is 2. The van der Waals surface area contributed by atoms with Crippen LogP contribution in [0.2, 0.25) is 0 Å². The van der Waals surface area contributed by atoms with Crippen LogP contribution in [0, 0.1) is 6.92 Å². The van der Waals surface area contributed by atoms with Gasteiger partial charge in [-0.25, -0.2) is 14.9 Å². The molecule has 1 aromatic heterocycles. The summed E-state index contributed by atoms with van der Waals surface area (Å²) in [5.41, 5.74) is 1.65. The van der Waals surface area contributed by atoms with E-state index in [1.165, 1.54) is 17.3 Å². The number of fused-ring (bicyclic) bond motifs is 2. The molecule has 2 aromatic rings. The zero-order valence-corrected chi connectivity index (χ0v) is 16.2. The van der Waals surface area contributed by atoms with Crippen LogP contribution in [0.5, 0.6) is 17.4 Å². The van der Waals surface area contributed by atoms with Gasteiger partial charge >= 0.3 is 0 Å². The minimum Gasteiger partial charge on any atom is -0.492 e. The fourth-order valence-corrected chi connectivity index (χ4v) is 3.97. The standard InChI is InChI=1S/C21H22N4O3/c1-12-5-6-14(17-18(12)27-11-21(17)7-8-21)28-16-10-22-15(9-23-16)25-13(2)24-20(3,4)19(25)26/h5-6,9-10,24H,2,7-8,11H2,1,3-4H3. The van der Waals surface area contributed by atoms with E-state index in [-0.39, 0.29) is 11.3 Å². The fraction of sp³-hybridized carbons (Fsp3) is 0.381. The molecule has 2 fully saturated rings. The highest BCUT2D eigenvalue weighted by Crippen LogP contribution is 2.59. The van der Waals surface area contributed by atoms with Crippen molar-refractivity contribution >= 4 is 11.7 Å². The van der Waals surface area contributed by atoms with Crippen molar-refractivity contribution < 1.29 is 14.3 Å². The van der Waals surface area contributed by atoms with Crippen LogP contribution in [-0.2, 0) is 10.2 Å². The van der Waals surface area contributed by atoms with Crippen molar-refractivity contribution in [1.82, 2.24) is 15.3 Å². The third kappa shape index (κ3) is 2.38. The number of nitrogens with zero attached hydrogens (tertiary/aromatic N) is 3. The minimum atomic E-state index is -0.713. The largest absolute Gasteiger partial charge is 0.492 e. The maximum atomic E-state index is 12.5. The van der Waals surface area contributed by atoms with E-state index in [4.69, 9.17) is 9.47 Å². The van der Waals surface area contributed by atoms with E-state index >= 15 is 0 Å². The Balaban J connectivity index is 1.43. The molecular weight excluding hydrogens is 356 g/mol. The molecule has 1 spiro atoms. The summed E-state index contributed by atoms with van der Waals surface area (Å²) in [5, 5.41) is 3.06. The molecule has 0 atom stereocenters. The zero-order valence-electron chi connectivity index (χ0n) is 16.2. The monoisotopic (exact) mass is 378 g/mol. The van der Waals surface area contributed by atoms with Crippen molar-refractivity contribution in [3.63, 3.8) is 0 Å². The first-order valence-electron chi connectivity index (χ1n) is 9.39. The van der Waals surface area contributed by atoms with Crippen LogP contribution in [0.25, 0.3) is 0 Å². The number of anilines is 1. The van der Waals surface area contributed by atoms with Crippen LogP contribution in [0.15, 0.2) is 36.9 Å². The Bertz CT molecular complexity index is 1010. The van der Waals surface area contributed by atoms with E-state index in [0.29, 0.717) is 17.5 Å². The Morgan fingerprint density at radius 3 is 2.64 bits per heavy atom. The molecule has 144 valence electrons. The first-order chi connectivity index (χ1) is 13.3. The van der Waals surface area contributed by atoms with Crippen LogP contribution in [0.3, 0.4) is 0 Å².